The van der Waals surface area contributed by atoms with Gasteiger partial charge in [0.15, 0.2) is 6.10 Å². The number of carbonyl (C=O) groups is 10. The summed E-state index contributed by atoms with van der Waals surface area (Å²) in [5.41, 5.74) is 4.69. The van der Waals surface area contributed by atoms with Crippen molar-refractivity contribution in [2.24, 2.45) is 23.0 Å². The van der Waals surface area contributed by atoms with Crippen LogP contribution < -0.4 is 37.6 Å². The Labute approximate surface area is 465 Å². The minimum atomic E-state index is -1.33. The molecule has 0 aliphatic carbocycles. The number of nitrogens with one attached hydrogen (secondary N) is 6. The molecule has 2 aromatic rings. The van der Waals surface area contributed by atoms with Gasteiger partial charge in [0, 0.05) is 43.3 Å². The van der Waals surface area contributed by atoms with Gasteiger partial charge >= 0.3 is 17.9 Å². The highest BCUT2D eigenvalue weighted by atomic mass is 32.1. The predicted octanol–water partition coefficient (Wildman–Crippen LogP) is 2.67. The second-order valence-electron chi connectivity index (χ2n) is 20.6. The summed E-state index contributed by atoms with van der Waals surface area (Å²) in [6, 6.07) is 2.08. The first kappa shape index (κ1) is 66.3. The maximum absolute atomic E-state index is 14.8. The van der Waals surface area contributed by atoms with Gasteiger partial charge in [0.2, 0.25) is 29.5 Å². The van der Waals surface area contributed by atoms with Gasteiger partial charge in [-0.3, -0.25) is 57.7 Å². The van der Waals surface area contributed by atoms with E-state index in [2.05, 4.69) is 42.8 Å². The fraction of sp³-hybridized carbons (Fsp3) is 0.611. The van der Waals surface area contributed by atoms with E-state index in [1.54, 1.807) is 12.1 Å². The van der Waals surface area contributed by atoms with Crippen molar-refractivity contribution in [2.75, 3.05) is 45.2 Å². The number of unbranched alkanes of at least 4 members (excludes halogenated alkanes) is 1. The number of carbonyl (C=O) groups excluding carboxylic acids is 8. The predicted molar refractivity (Wildman–Crippen MR) is 292 cm³/mol. The Morgan fingerprint density at radius 1 is 0.962 bits per heavy atom. The van der Waals surface area contributed by atoms with E-state index < -0.39 is 115 Å². The number of hydrogen-bond acceptors (Lipinski definition) is 16. The standard InChI is InChI=1S/C54H80N10O14S/c1-10-12-15-24-77-64(52(74)47(33(5)11-2)62-50(73)40-16-13-14-23-63(40)9)41(32(3)4)26-42(78-34(6)65)51-61-39(31-79-51)49(72)59-37(27-54(7,8)53(75)76)25-35-17-19-36(20-18-35)58-48(71)38(21-22-46(69)70)60-45(68)30-57-44(67)29-56-43(66)28-55/h1,17-20,31-33,37-38,40-42,47H,11-16,21-30,55H2,2-9H3,(H,56,66)(H,57,67)(H,58,71)(H,59,72)(H,60,68)(H,62,73)(H,69,70)(H,75,76)/t33-,37-,38-,40+,41+,42+,47-/m0/s1. The summed E-state index contributed by atoms with van der Waals surface area (Å²) in [5, 5.41) is 37.9. The number of aliphatic carboxylic acids is 2. The number of carboxylic acids is 2. The number of hydrogen-bond donors (Lipinski definition) is 9. The molecule has 79 heavy (non-hydrogen) atoms. The number of nitrogens with two attached hydrogens (primary N) is 1. The molecule has 1 aromatic carbocycles. The highest BCUT2D eigenvalue weighted by molar-refractivity contribution is 7.09. The molecule has 1 aliphatic heterocycles. The molecule has 1 aromatic heterocycles. The molecule has 0 radical (unpaired) electrons. The molecule has 0 saturated carbocycles. The summed E-state index contributed by atoms with van der Waals surface area (Å²) in [5.74, 6) is -5.26. The number of hydroxylamine groups is 2. The summed E-state index contributed by atoms with van der Waals surface area (Å²) >= 11 is 1.05. The SMILES string of the molecule is C#CCCCON(C(=O)[C@@H](NC(=O)[C@H]1CCCCN1C)[C@@H](C)CC)[C@H](C[C@@H](OC(C)=O)c1nc(C(=O)N[C@@H](Cc2ccc(NC(=O)[C@H](CCC(=O)O)NC(=O)CNC(=O)CNC(=O)CN)cc2)CC(C)(C)C(=O)O)cs1)C(C)C. The Balaban J connectivity index is 1.87. The Hall–Kier alpha value is -7.01. The number of anilines is 1. The third kappa shape index (κ3) is 22.3. The molecule has 10 N–H and O–H groups in total. The molecule has 0 bridgehead atoms. The van der Waals surface area contributed by atoms with E-state index in [-0.39, 0.29) is 73.0 Å². The first-order valence-corrected chi connectivity index (χ1v) is 27.4. The third-order valence-electron chi connectivity index (χ3n) is 13.4. The number of benzene rings is 1. The average molecular weight is 1130 g/mol. The lowest BCUT2D eigenvalue weighted by molar-refractivity contribution is -0.213. The molecule has 2 heterocycles. The largest absolute Gasteiger partial charge is 0.481 e. The smallest absolute Gasteiger partial charge is 0.309 e. The topological polar surface area (TPSA) is 347 Å². The molecule has 1 saturated heterocycles. The number of esters is 1. The molecule has 436 valence electrons. The van der Waals surface area contributed by atoms with E-state index in [9.17, 15) is 58.2 Å². The van der Waals surface area contributed by atoms with Crippen LogP contribution in [0.1, 0.15) is 140 Å². The normalized spacial score (nSPS) is 15.8. The number of aromatic nitrogens is 1. The van der Waals surface area contributed by atoms with Crippen molar-refractivity contribution in [3.05, 3.63) is 45.9 Å². The van der Waals surface area contributed by atoms with Crippen LogP contribution in [-0.4, -0.2) is 154 Å². The van der Waals surface area contributed by atoms with E-state index >= 15 is 0 Å². The van der Waals surface area contributed by atoms with Gasteiger partial charge in [-0.1, -0.05) is 52.7 Å². The van der Waals surface area contributed by atoms with E-state index in [0.29, 0.717) is 31.2 Å². The Morgan fingerprint density at radius 3 is 2.23 bits per heavy atom. The van der Waals surface area contributed by atoms with Gasteiger partial charge in [-0.05, 0) is 95.5 Å². The van der Waals surface area contributed by atoms with Gasteiger partial charge in [0.05, 0.1) is 43.7 Å². The second kappa shape index (κ2) is 32.8. The summed E-state index contributed by atoms with van der Waals surface area (Å²) in [6.45, 7) is 11.3. The minimum Gasteiger partial charge on any atom is -0.481 e. The van der Waals surface area contributed by atoms with Crippen LogP contribution in [0.25, 0.3) is 0 Å². The zero-order chi connectivity index (χ0) is 59.0. The van der Waals surface area contributed by atoms with Gasteiger partial charge in [-0.15, -0.1) is 23.7 Å². The molecule has 7 atom stereocenters. The number of nitrogens with zero attached hydrogens (tertiary/aromatic N) is 3. The van der Waals surface area contributed by atoms with E-state index in [0.717, 1.165) is 30.7 Å². The molecule has 1 aliphatic rings. The lowest BCUT2D eigenvalue weighted by Gasteiger charge is -2.39. The van der Waals surface area contributed by atoms with E-state index in [1.807, 2.05) is 39.6 Å². The fourth-order valence-electron chi connectivity index (χ4n) is 8.58. The minimum absolute atomic E-state index is 0.0123. The first-order valence-electron chi connectivity index (χ1n) is 26.5. The average Bonchev–Trinajstić information content (AvgIpc) is 3.91. The second-order valence-corrected chi connectivity index (χ2v) is 21.5. The van der Waals surface area contributed by atoms with Crippen LogP contribution in [0.15, 0.2) is 29.6 Å². The van der Waals surface area contributed by atoms with Gasteiger partial charge in [-0.2, -0.15) is 0 Å². The monoisotopic (exact) mass is 1120 g/mol. The number of likely N-dealkylation sites (N-methyl/N-ethyl adjacent to an activating group) is 1. The van der Waals surface area contributed by atoms with Crippen molar-refractivity contribution in [3.63, 3.8) is 0 Å². The summed E-state index contributed by atoms with van der Waals surface area (Å²) < 4.78 is 5.86. The number of piperidine rings is 1. The molecule has 25 heteroatoms. The molecule has 1 fully saturated rings. The number of rotatable bonds is 33. The number of ether oxygens (including phenoxy) is 1. The van der Waals surface area contributed by atoms with Crippen molar-refractivity contribution >= 4 is 76.3 Å². The van der Waals surface area contributed by atoms with Crippen molar-refractivity contribution in [1.29, 1.82) is 0 Å². The first-order chi connectivity index (χ1) is 37.3. The summed E-state index contributed by atoms with van der Waals surface area (Å²) in [7, 11) is 1.89. The molecule has 0 spiro atoms. The van der Waals surface area contributed by atoms with Crippen molar-refractivity contribution in [3.8, 4) is 12.3 Å². The van der Waals surface area contributed by atoms with Crippen molar-refractivity contribution < 1.29 is 67.7 Å². The number of likely N-dealkylation sites (tertiary alicyclic amines) is 1. The lowest BCUT2D eigenvalue weighted by atomic mass is 9.84. The zero-order valence-electron chi connectivity index (χ0n) is 46.5. The van der Waals surface area contributed by atoms with E-state index in [1.165, 1.54) is 43.3 Å². The van der Waals surface area contributed by atoms with Gasteiger partial charge < -0.3 is 52.6 Å². The Morgan fingerprint density at radius 2 is 1.63 bits per heavy atom. The highest BCUT2D eigenvalue weighted by Crippen LogP contribution is 2.33. The summed E-state index contributed by atoms with van der Waals surface area (Å²) in [4.78, 5) is 141. The number of thiazole rings is 1. The Bertz CT molecular complexity index is 2460. The maximum Gasteiger partial charge on any atom is 0.309 e. The number of amides is 7. The number of terminal acetylenes is 1. The van der Waals surface area contributed by atoms with Gasteiger partial charge in [-0.25, -0.2) is 10.0 Å². The van der Waals surface area contributed by atoms with Gasteiger partial charge in [0.1, 0.15) is 22.8 Å². The molecule has 0 unspecified atom stereocenters. The number of carboxylic acid groups (broad SMARTS) is 2. The molecule has 7 amide bonds. The maximum atomic E-state index is 14.8. The lowest BCUT2D eigenvalue weighted by Crippen LogP contribution is -2.58. The molecule has 3 rings (SSSR count). The fourth-order valence-corrected chi connectivity index (χ4v) is 9.42. The van der Waals surface area contributed by atoms with E-state index in [4.69, 9.17) is 21.7 Å². The van der Waals surface area contributed by atoms with Gasteiger partial charge in [0.25, 0.3) is 11.8 Å². The quantitative estimate of drug-likeness (QED) is 0.0215. The van der Waals surface area contributed by atoms with Crippen LogP contribution in [0.2, 0.25) is 0 Å². The van der Waals surface area contributed by atoms with Crippen LogP contribution in [0, 0.1) is 29.6 Å². The highest BCUT2D eigenvalue weighted by Gasteiger charge is 2.40. The molecule has 24 nitrogen and oxygen atoms in total. The van der Waals surface area contributed by atoms with Crippen LogP contribution in [-0.2, 0) is 59.1 Å². The molecular weight excluding hydrogens is 1040 g/mol. The zero-order valence-corrected chi connectivity index (χ0v) is 47.3. The van der Waals surface area contributed by atoms with Crippen molar-refractivity contribution in [2.45, 2.75) is 155 Å². The van der Waals surface area contributed by atoms with Crippen LogP contribution in [0.5, 0.6) is 0 Å². The van der Waals surface area contributed by atoms with Crippen LogP contribution in [0.3, 0.4) is 0 Å². The van der Waals surface area contributed by atoms with Crippen LogP contribution >= 0.6 is 11.3 Å². The summed E-state index contributed by atoms with van der Waals surface area (Å²) in [6.07, 6.45) is 7.63. The van der Waals surface area contributed by atoms with Crippen molar-refractivity contribution in [1.82, 2.24) is 41.5 Å². The van der Waals surface area contributed by atoms with Crippen LogP contribution in [0.4, 0.5) is 5.69 Å². The third-order valence-corrected chi connectivity index (χ3v) is 14.3. The Kier molecular flexibility index (Phi) is 27.5. The molecular formula is C54H80N10O14S.